The predicted octanol–water partition coefficient (Wildman–Crippen LogP) is 3.40. The van der Waals surface area contributed by atoms with Crippen molar-refractivity contribution in [3.8, 4) is 5.69 Å². The lowest BCUT2D eigenvalue weighted by Gasteiger charge is -2.13. The number of benzene rings is 1. The summed E-state index contributed by atoms with van der Waals surface area (Å²) in [6.45, 7) is 3.09. The average Bonchev–Trinajstić information content (AvgIpc) is 2.81. The first-order valence-electron chi connectivity index (χ1n) is 6.51. The molecule has 1 N–H and O–H groups in total. The minimum Gasteiger partial charge on any atom is -0.310 e. The molecule has 0 bridgehead atoms. The van der Waals surface area contributed by atoms with E-state index in [-0.39, 0.29) is 32.9 Å². The van der Waals surface area contributed by atoms with E-state index in [0.717, 1.165) is 12.1 Å². The molecule has 0 aliphatic heterocycles. The number of hydrogen-bond donors (Lipinski definition) is 1. The van der Waals surface area contributed by atoms with Crippen LogP contribution in [0, 0.1) is 13.8 Å². The van der Waals surface area contributed by atoms with Crippen LogP contribution >= 0.6 is 11.6 Å². The molecule has 0 atom stereocenters. The maximum absolute atomic E-state index is 12.8. The molecule has 3 rings (SSSR count). The van der Waals surface area contributed by atoms with Crippen LogP contribution in [-0.2, 0) is 6.18 Å². The van der Waals surface area contributed by atoms with Crippen LogP contribution in [0.4, 0.5) is 13.2 Å². The first-order chi connectivity index (χ1) is 10.7. The highest BCUT2D eigenvalue weighted by Gasteiger charge is 2.32. The summed E-state index contributed by atoms with van der Waals surface area (Å²) in [6, 6.07) is 1.81. The van der Waals surface area contributed by atoms with Crippen molar-refractivity contribution in [2.24, 2.45) is 0 Å². The fraction of sp³-hybridized carbons (Fsp3) is 0.214. The SMILES string of the molecule is Cc1nc2c(cnn2-c2c(C)cc(C(F)(F)F)cc2Cl)c(=O)[nH]1. The number of rotatable bonds is 1. The van der Waals surface area contributed by atoms with Crippen LogP contribution in [0.25, 0.3) is 16.7 Å². The van der Waals surface area contributed by atoms with Crippen molar-refractivity contribution >= 4 is 22.6 Å². The van der Waals surface area contributed by atoms with Gasteiger partial charge in [0, 0.05) is 0 Å². The van der Waals surface area contributed by atoms with E-state index < -0.39 is 11.7 Å². The monoisotopic (exact) mass is 342 g/mol. The molecule has 0 radical (unpaired) electrons. The van der Waals surface area contributed by atoms with Crippen LogP contribution in [0.15, 0.2) is 23.1 Å². The Morgan fingerprint density at radius 2 is 1.96 bits per heavy atom. The van der Waals surface area contributed by atoms with Crippen molar-refractivity contribution in [2.45, 2.75) is 20.0 Å². The van der Waals surface area contributed by atoms with Gasteiger partial charge in [0.25, 0.3) is 5.56 Å². The molecule has 0 saturated heterocycles. The lowest BCUT2D eigenvalue weighted by Crippen LogP contribution is -2.11. The summed E-state index contributed by atoms with van der Waals surface area (Å²) in [5, 5.41) is 4.15. The number of aryl methyl sites for hydroxylation is 2. The molecule has 9 heteroatoms. The first kappa shape index (κ1) is 15.5. The number of hydrogen-bond acceptors (Lipinski definition) is 3. The van der Waals surface area contributed by atoms with Crippen molar-refractivity contribution in [3.63, 3.8) is 0 Å². The minimum absolute atomic E-state index is 0.123. The van der Waals surface area contributed by atoms with E-state index in [2.05, 4.69) is 15.1 Å². The Hall–Kier alpha value is -2.35. The van der Waals surface area contributed by atoms with E-state index in [1.165, 1.54) is 17.8 Å². The second-order valence-electron chi connectivity index (χ2n) is 5.07. The normalized spacial score (nSPS) is 12.1. The molecule has 3 aromatic rings. The zero-order valence-electron chi connectivity index (χ0n) is 12.0. The second kappa shape index (κ2) is 5.09. The largest absolute Gasteiger partial charge is 0.416 e. The van der Waals surface area contributed by atoms with Crippen LogP contribution < -0.4 is 5.56 Å². The number of aromatic nitrogens is 4. The molecule has 0 aliphatic carbocycles. The van der Waals surface area contributed by atoms with E-state index in [4.69, 9.17) is 11.6 Å². The quantitative estimate of drug-likeness (QED) is 0.737. The van der Waals surface area contributed by atoms with Crippen LogP contribution in [0.1, 0.15) is 17.0 Å². The minimum atomic E-state index is -4.49. The number of alkyl halides is 3. The van der Waals surface area contributed by atoms with Gasteiger partial charge in [0.2, 0.25) is 0 Å². The van der Waals surface area contributed by atoms with Crippen LogP contribution in [0.5, 0.6) is 0 Å². The summed E-state index contributed by atoms with van der Waals surface area (Å²) in [5.41, 5.74) is -0.459. The van der Waals surface area contributed by atoms with E-state index in [1.54, 1.807) is 6.92 Å². The van der Waals surface area contributed by atoms with Crippen molar-refractivity contribution in [3.05, 3.63) is 50.7 Å². The standard InChI is InChI=1S/C14H10ClF3N4O/c1-6-3-8(14(16,17)18)4-10(15)11(6)22-12-9(5-19-22)13(23)21-7(2)20-12/h3-5H,1-2H3,(H,20,21,23). The third-order valence-corrected chi connectivity index (χ3v) is 3.64. The fourth-order valence-electron chi connectivity index (χ4n) is 2.36. The van der Waals surface area contributed by atoms with Gasteiger partial charge in [0.05, 0.1) is 22.5 Å². The number of fused-ring (bicyclic) bond motifs is 1. The van der Waals surface area contributed by atoms with E-state index >= 15 is 0 Å². The van der Waals surface area contributed by atoms with E-state index in [1.807, 2.05) is 0 Å². The maximum Gasteiger partial charge on any atom is 0.416 e. The zero-order chi connectivity index (χ0) is 16.9. The maximum atomic E-state index is 12.8. The molecule has 2 aromatic heterocycles. The van der Waals surface area contributed by atoms with E-state index in [0.29, 0.717) is 5.82 Å². The van der Waals surface area contributed by atoms with Gasteiger partial charge in [-0.3, -0.25) is 4.79 Å². The Labute approximate surface area is 132 Å². The smallest absolute Gasteiger partial charge is 0.310 e. The molecule has 23 heavy (non-hydrogen) atoms. The molecular weight excluding hydrogens is 333 g/mol. The van der Waals surface area contributed by atoms with Crippen molar-refractivity contribution < 1.29 is 13.2 Å². The van der Waals surface area contributed by atoms with Crippen molar-refractivity contribution in [2.75, 3.05) is 0 Å². The molecule has 120 valence electrons. The van der Waals surface area contributed by atoms with Gasteiger partial charge in [-0.05, 0) is 31.5 Å². The molecule has 0 fully saturated rings. The topological polar surface area (TPSA) is 63.6 Å². The number of halogens is 4. The fourth-order valence-corrected chi connectivity index (χ4v) is 2.71. The van der Waals surface area contributed by atoms with Gasteiger partial charge >= 0.3 is 6.18 Å². The average molecular weight is 343 g/mol. The summed E-state index contributed by atoms with van der Waals surface area (Å²) in [5.74, 6) is 0.366. The van der Waals surface area contributed by atoms with Crippen LogP contribution in [-0.4, -0.2) is 19.7 Å². The first-order valence-corrected chi connectivity index (χ1v) is 6.88. The number of aromatic amines is 1. The summed E-state index contributed by atoms with van der Waals surface area (Å²) in [4.78, 5) is 18.6. The molecule has 0 spiro atoms. The van der Waals surface area contributed by atoms with Crippen molar-refractivity contribution in [1.82, 2.24) is 19.7 Å². The zero-order valence-corrected chi connectivity index (χ0v) is 12.7. The van der Waals surface area contributed by atoms with Gasteiger partial charge in [0.1, 0.15) is 11.2 Å². The molecule has 0 unspecified atom stereocenters. The molecule has 0 aliphatic rings. The molecule has 1 aromatic carbocycles. The lowest BCUT2D eigenvalue weighted by molar-refractivity contribution is -0.137. The summed E-state index contributed by atoms with van der Waals surface area (Å²) in [7, 11) is 0. The highest BCUT2D eigenvalue weighted by Crippen LogP contribution is 2.35. The Morgan fingerprint density at radius 3 is 2.57 bits per heavy atom. The number of nitrogens with zero attached hydrogens (tertiary/aromatic N) is 3. The third-order valence-electron chi connectivity index (χ3n) is 3.35. The van der Waals surface area contributed by atoms with Gasteiger partial charge < -0.3 is 4.98 Å². The van der Waals surface area contributed by atoms with Crippen molar-refractivity contribution in [1.29, 1.82) is 0 Å². The lowest BCUT2D eigenvalue weighted by atomic mass is 10.1. The highest BCUT2D eigenvalue weighted by atomic mass is 35.5. The van der Waals surface area contributed by atoms with E-state index in [9.17, 15) is 18.0 Å². The van der Waals surface area contributed by atoms with Gasteiger partial charge in [-0.25, -0.2) is 9.67 Å². The van der Waals surface area contributed by atoms with Gasteiger partial charge in [-0.2, -0.15) is 18.3 Å². The molecule has 0 saturated carbocycles. The summed E-state index contributed by atoms with van der Waals surface area (Å²) >= 11 is 6.04. The molecular formula is C14H10ClF3N4O. The summed E-state index contributed by atoms with van der Waals surface area (Å²) in [6.07, 6.45) is -3.20. The number of H-pyrrole nitrogens is 1. The number of nitrogens with one attached hydrogen (secondary N) is 1. The van der Waals surface area contributed by atoms with Gasteiger partial charge in [0.15, 0.2) is 5.65 Å². The Balaban J connectivity index is 2.30. The summed E-state index contributed by atoms with van der Waals surface area (Å²) < 4.78 is 39.8. The second-order valence-corrected chi connectivity index (χ2v) is 5.47. The van der Waals surface area contributed by atoms with Gasteiger partial charge in [-0.1, -0.05) is 11.6 Å². The third kappa shape index (κ3) is 2.59. The Kier molecular flexibility index (Phi) is 3.44. The highest BCUT2D eigenvalue weighted by molar-refractivity contribution is 6.32. The molecule has 5 nitrogen and oxygen atoms in total. The Bertz CT molecular complexity index is 951. The Morgan fingerprint density at radius 1 is 1.26 bits per heavy atom. The molecule has 2 heterocycles. The van der Waals surface area contributed by atoms with Crippen LogP contribution in [0.2, 0.25) is 5.02 Å². The predicted molar refractivity (Wildman–Crippen MR) is 79.0 cm³/mol. The van der Waals surface area contributed by atoms with Crippen LogP contribution in [0.3, 0.4) is 0 Å². The molecule has 0 amide bonds. The van der Waals surface area contributed by atoms with Gasteiger partial charge in [-0.15, -0.1) is 0 Å².